The number of nitrogens with zero attached hydrogens (tertiary/aromatic N) is 3. The number of halogens is 1. The Labute approximate surface area is 119 Å². The maximum absolute atomic E-state index is 6.03. The van der Waals surface area contributed by atoms with Crippen molar-refractivity contribution < 1.29 is 0 Å². The predicted octanol–water partition coefficient (Wildman–Crippen LogP) is 4.06. The molecule has 2 aromatic rings. The zero-order chi connectivity index (χ0) is 13.2. The molecule has 0 unspecified atom stereocenters. The molecule has 3 nitrogen and oxygen atoms in total. The van der Waals surface area contributed by atoms with E-state index < -0.39 is 0 Å². The van der Waals surface area contributed by atoms with Gasteiger partial charge in [-0.3, -0.25) is 0 Å². The number of imidazole rings is 1. The van der Waals surface area contributed by atoms with Crippen molar-refractivity contribution in [2.45, 2.75) is 51.5 Å². The Kier molecular flexibility index (Phi) is 3.74. The number of aryl methyl sites for hydroxylation is 2. The molecule has 0 spiro atoms. The van der Waals surface area contributed by atoms with E-state index in [0.29, 0.717) is 5.88 Å². The number of hydrogen-bond donors (Lipinski definition) is 0. The third-order valence-corrected chi connectivity index (χ3v) is 4.40. The summed E-state index contributed by atoms with van der Waals surface area (Å²) in [5.41, 5.74) is 3.00. The first-order chi connectivity index (χ1) is 9.28. The summed E-state index contributed by atoms with van der Waals surface area (Å²) in [6.07, 6.45) is 6.79. The van der Waals surface area contributed by atoms with Gasteiger partial charge in [0, 0.05) is 12.2 Å². The average molecular weight is 278 g/mol. The van der Waals surface area contributed by atoms with Crippen LogP contribution in [-0.4, -0.2) is 14.5 Å². The van der Waals surface area contributed by atoms with Crippen LogP contribution < -0.4 is 0 Å². The van der Waals surface area contributed by atoms with E-state index in [1.54, 1.807) is 0 Å². The largest absolute Gasteiger partial charge is 0.312 e. The number of rotatable bonds is 4. The Morgan fingerprint density at radius 3 is 2.79 bits per heavy atom. The average Bonchev–Trinajstić information content (AvgIpc) is 3.03. The molecule has 19 heavy (non-hydrogen) atoms. The van der Waals surface area contributed by atoms with Crippen molar-refractivity contribution in [3.8, 4) is 0 Å². The highest BCUT2D eigenvalue weighted by Gasteiger charge is 2.17. The highest BCUT2D eigenvalue weighted by molar-refractivity contribution is 6.16. The van der Waals surface area contributed by atoms with Gasteiger partial charge in [0.1, 0.15) is 11.3 Å². The van der Waals surface area contributed by atoms with Crippen LogP contribution in [0.4, 0.5) is 0 Å². The zero-order valence-electron chi connectivity index (χ0n) is 11.4. The molecule has 0 amide bonds. The van der Waals surface area contributed by atoms with Gasteiger partial charge in [0.2, 0.25) is 0 Å². The molecular formula is C15H20ClN3. The maximum atomic E-state index is 6.03. The van der Waals surface area contributed by atoms with Gasteiger partial charge >= 0.3 is 0 Å². The predicted molar refractivity (Wildman–Crippen MR) is 78.4 cm³/mol. The van der Waals surface area contributed by atoms with Gasteiger partial charge in [-0.15, -0.1) is 11.6 Å². The Bertz CT molecular complexity index is 570. The standard InChI is InChI=1S/C15H20ClN3/c1-11-6-7-13-15(17-11)19(14(10-16)18-13)9-8-12-4-2-3-5-12/h6-7,12H,2-5,8-10H2,1H3. The quantitative estimate of drug-likeness (QED) is 0.789. The van der Waals surface area contributed by atoms with E-state index in [-0.39, 0.29) is 0 Å². The van der Waals surface area contributed by atoms with Gasteiger partial charge in [-0.2, -0.15) is 0 Å². The van der Waals surface area contributed by atoms with E-state index in [1.807, 2.05) is 19.1 Å². The molecular weight excluding hydrogens is 258 g/mol. The lowest BCUT2D eigenvalue weighted by Crippen LogP contribution is -2.07. The number of aromatic nitrogens is 3. The zero-order valence-corrected chi connectivity index (χ0v) is 12.2. The molecule has 0 atom stereocenters. The first-order valence-corrected chi connectivity index (χ1v) is 7.70. The summed E-state index contributed by atoms with van der Waals surface area (Å²) in [6.45, 7) is 3.02. The maximum Gasteiger partial charge on any atom is 0.160 e. The minimum absolute atomic E-state index is 0.458. The Morgan fingerprint density at radius 1 is 1.26 bits per heavy atom. The van der Waals surface area contributed by atoms with Crippen LogP contribution in [0.1, 0.15) is 43.6 Å². The number of alkyl halides is 1. The lowest BCUT2D eigenvalue weighted by atomic mass is 10.0. The molecule has 0 saturated heterocycles. The van der Waals surface area contributed by atoms with Gasteiger partial charge in [-0.05, 0) is 31.4 Å². The van der Waals surface area contributed by atoms with Gasteiger partial charge in [-0.1, -0.05) is 25.7 Å². The van der Waals surface area contributed by atoms with Crippen LogP contribution in [-0.2, 0) is 12.4 Å². The lowest BCUT2D eigenvalue weighted by molar-refractivity contribution is 0.457. The summed E-state index contributed by atoms with van der Waals surface area (Å²) in [4.78, 5) is 9.22. The minimum atomic E-state index is 0.458. The molecule has 0 aromatic carbocycles. The molecule has 2 heterocycles. The van der Waals surface area contributed by atoms with Crippen LogP contribution >= 0.6 is 11.6 Å². The Hall–Kier alpha value is -1.09. The molecule has 4 heteroatoms. The SMILES string of the molecule is Cc1ccc2nc(CCl)n(CCC3CCCC3)c2n1. The number of fused-ring (bicyclic) bond motifs is 1. The Balaban J connectivity index is 1.88. The molecule has 3 rings (SSSR count). The van der Waals surface area contributed by atoms with Crippen LogP contribution in [0.15, 0.2) is 12.1 Å². The first kappa shape index (κ1) is 12.9. The third-order valence-electron chi connectivity index (χ3n) is 4.17. The second-order valence-corrected chi connectivity index (χ2v) is 5.82. The normalized spacial score (nSPS) is 16.5. The summed E-state index contributed by atoms with van der Waals surface area (Å²) >= 11 is 6.03. The molecule has 0 radical (unpaired) electrons. The molecule has 0 aliphatic heterocycles. The van der Waals surface area contributed by atoms with Crippen LogP contribution in [0.2, 0.25) is 0 Å². The van der Waals surface area contributed by atoms with Gasteiger partial charge in [0.15, 0.2) is 5.65 Å². The second kappa shape index (κ2) is 5.49. The lowest BCUT2D eigenvalue weighted by Gasteiger charge is -2.11. The van der Waals surface area contributed by atoms with Crippen molar-refractivity contribution in [2.75, 3.05) is 0 Å². The summed E-state index contributed by atoms with van der Waals surface area (Å²) in [5, 5.41) is 0. The van der Waals surface area contributed by atoms with E-state index in [2.05, 4.69) is 14.5 Å². The van der Waals surface area contributed by atoms with Crippen molar-refractivity contribution in [1.82, 2.24) is 14.5 Å². The summed E-state index contributed by atoms with van der Waals surface area (Å²) in [6, 6.07) is 4.05. The third kappa shape index (κ3) is 2.62. The summed E-state index contributed by atoms with van der Waals surface area (Å²) < 4.78 is 2.22. The van der Waals surface area contributed by atoms with Gasteiger partial charge in [0.25, 0.3) is 0 Å². The molecule has 0 N–H and O–H groups in total. The minimum Gasteiger partial charge on any atom is -0.312 e. The van der Waals surface area contributed by atoms with Crippen molar-refractivity contribution in [3.63, 3.8) is 0 Å². The fraction of sp³-hybridized carbons (Fsp3) is 0.600. The monoisotopic (exact) mass is 277 g/mol. The van der Waals surface area contributed by atoms with Crippen molar-refractivity contribution in [1.29, 1.82) is 0 Å². The molecule has 2 aromatic heterocycles. The molecule has 102 valence electrons. The fourth-order valence-corrected chi connectivity index (χ4v) is 3.29. The van der Waals surface area contributed by atoms with Crippen LogP contribution in [0, 0.1) is 12.8 Å². The van der Waals surface area contributed by atoms with Crippen LogP contribution in [0.25, 0.3) is 11.2 Å². The van der Waals surface area contributed by atoms with E-state index in [0.717, 1.165) is 35.1 Å². The molecule has 1 aliphatic carbocycles. The van der Waals surface area contributed by atoms with Gasteiger partial charge < -0.3 is 4.57 Å². The summed E-state index contributed by atoms with van der Waals surface area (Å²) in [5.74, 6) is 2.29. The van der Waals surface area contributed by atoms with E-state index in [4.69, 9.17) is 11.6 Å². The van der Waals surface area contributed by atoms with Gasteiger partial charge in [-0.25, -0.2) is 9.97 Å². The fourth-order valence-electron chi connectivity index (χ4n) is 3.09. The second-order valence-electron chi connectivity index (χ2n) is 5.55. The first-order valence-electron chi connectivity index (χ1n) is 7.16. The van der Waals surface area contributed by atoms with Gasteiger partial charge in [0.05, 0.1) is 5.88 Å². The number of pyridine rings is 1. The van der Waals surface area contributed by atoms with E-state index in [9.17, 15) is 0 Å². The van der Waals surface area contributed by atoms with E-state index in [1.165, 1.54) is 32.1 Å². The smallest absolute Gasteiger partial charge is 0.160 e. The number of hydrogen-bond acceptors (Lipinski definition) is 2. The molecule has 1 saturated carbocycles. The molecule has 1 aliphatic rings. The van der Waals surface area contributed by atoms with Crippen molar-refractivity contribution >= 4 is 22.8 Å². The van der Waals surface area contributed by atoms with Crippen molar-refractivity contribution in [2.24, 2.45) is 5.92 Å². The highest BCUT2D eigenvalue weighted by Crippen LogP contribution is 2.28. The Morgan fingerprint density at radius 2 is 2.05 bits per heavy atom. The highest BCUT2D eigenvalue weighted by atomic mass is 35.5. The van der Waals surface area contributed by atoms with Crippen LogP contribution in [0.5, 0.6) is 0 Å². The molecule has 0 bridgehead atoms. The molecule has 1 fully saturated rings. The topological polar surface area (TPSA) is 30.7 Å². The summed E-state index contributed by atoms with van der Waals surface area (Å²) in [7, 11) is 0. The van der Waals surface area contributed by atoms with Crippen LogP contribution in [0.3, 0.4) is 0 Å². The van der Waals surface area contributed by atoms with E-state index >= 15 is 0 Å². The van der Waals surface area contributed by atoms with Crippen molar-refractivity contribution in [3.05, 3.63) is 23.7 Å².